The number of aromatic nitrogens is 2. The highest BCUT2D eigenvalue weighted by Crippen LogP contribution is 2.32. The molecule has 1 aliphatic rings. The zero-order valence-electron chi connectivity index (χ0n) is 19.7. The highest BCUT2D eigenvalue weighted by Gasteiger charge is 2.26. The van der Waals surface area contributed by atoms with Crippen LogP contribution in [0, 0.1) is 0 Å². The molecule has 0 bridgehead atoms. The minimum Gasteiger partial charge on any atom is -0.472 e. The highest BCUT2D eigenvalue weighted by atomic mass is 16.5. The Morgan fingerprint density at radius 3 is 2.69 bits per heavy atom. The summed E-state index contributed by atoms with van der Waals surface area (Å²) in [4.78, 5) is 31.3. The van der Waals surface area contributed by atoms with Gasteiger partial charge in [0, 0.05) is 36.3 Å². The molecule has 8 nitrogen and oxygen atoms in total. The first kappa shape index (κ1) is 22.6. The molecule has 0 unspecified atom stereocenters. The molecule has 4 aromatic rings. The van der Waals surface area contributed by atoms with Crippen LogP contribution in [0.1, 0.15) is 53.6 Å². The lowest BCUT2D eigenvalue weighted by atomic mass is 10.0. The van der Waals surface area contributed by atoms with E-state index in [9.17, 15) is 9.59 Å². The van der Waals surface area contributed by atoms with E-state index >= 15 is 0 Å². The number of furan rings is 1. The zero-order valence-corrected chi connectivity index (χ0v) is 19.7. The molecule has 8 heteroatoms. The van der Waals surface area contributed by atoms with Crippen molar-refractivity contribution in [1.82, 2.24) is 10.1 Å². The average Bonchev–Trinajstić information content (AvgIpc) is 3.63. The maximum atomic E-state index is 12.7. The van der Waals surface area contributed by atoms with Gasteiger partial charge in [-0.2, -0.15) is 4.98 Å². The molecule has 2 aromatic carbocycles. The van der Waals surface area contributed by atoms with E-state index in [1.807, 2.05) is 30.3 Å². The summed E-state index contributed by atoms with van der Waals surface area (Å²) < 4.78 is 10.4. The fraction of sp³-hybridized carbons (Fsp3) is 0.259. The van der Waals surface area contributed by atoms with Crippen LogP contribution in [0.2, 0.25) is 0 Å². The molecule has 1 aliphatic heterocycles. The number of hydrogen-bond acceptors (Lipinski definition) is 6. The molecule has 178 valence electrons. The second kappa shape index (κ2) is 9.58. The molecule has 5 rings (SSSR count). The average molecular weight is 471 g/mol. The Hall–Kier alpha value is -4.20. The molecular weight excluding hydrogens is 444 g/mol. The van der Waals surface area contributed by atoms with Crippen LogP contribution in [0.3, 0.4) is 0 Å². The Morgan fingerprint density at radius 1 is 1.11 bits per heavy atom. The highest BCUT2D eigenvalue weighted by molar-refractivity contribution is 6.07. The SMILES string of the molecule is CC(C)c1ccc(-c2noc(CCC(=O)Nc3ccc4c(c3)CCN4C(=O)c3ccoc3)n2)cc1. The van der Waals surface area contributed by atoms with Gasteiger partial charge in [-0.3, -0.25) is 9.59 Å². The molecule has 0 saturated heterocycles. The monoisotopic (exact) mass is 470 g/mol. The number of amides is 2. The minimum atomic E-state index is -0.143. The summed E-state index contributed by atoms with van der Waals surface area (Å²) in [6.07, 6.45) is 4.23. The maximum absolute atomic E-state index is 12.7. The summed E-state index contributed by atoms with van der Waals surface area (Å²) in [7, 11) is 0. The van der Waals surface area contributed by atoms with Gasteiger partial charge in [0.1, 0.15) is 6.26 Å². The quantitative estimate of drug-likeness (QED) is 0.397. The van der Waals surface area contributed by atoms with Crippen LogP contribution in [0.4, 0.5) is 11.4 Å². The maximum Gasteiger partial charge on any atom is 0.261 e. The van der Waals surface area contributed by atoms with E-state index in [1.165, 1.54) is 18.1 Å². The predicted molar refractivity (Wildman–Crippen MR) is 131 cm³/mol. The molecule has 0 atom stereocenters. The summed E-state index contributed by atoms with van der Waals surface area (Å²) in [5, 5.41) is 6.97. The van der Waals surface area contributed by atoms with E-state index in [4.69, 9.17) is 8.94 Å². The Balaban J connectivity index is 1.17. The van der Waals surface area contributed by atoms with Crippen LogP contribution in [0.5, 0.6) is 0 Å². The molecule has 0 spiro atoms. The van der Waals surface area contributed by atoms with Crippen molar-refractivity contribution >= 4 is 23.2 Å². The Kier molecular flexibility index (Phi) is 6.18. The van der Waals surface area contributed by atoms with Crippen molar-refractivity contribution in [3.8, 4) is 11.4 Å². The number of aryl methyl sites for hydroxylation is 1. The predicted octanol–water partition coefficient (Wildman–Crippen LogP) is 5.23. The molecule has 3 heterocycles. The summed E-state index contributed by atoms with van der Waals surface area (Å²) in [6.45, 7) is 4.89. The number of rotatable bonds is 7. The number of anilines is 2. The molecule has 2 amide bonds. The number of fused-ring (bicyclic) bond motifs is 1. The van der Waals surface area contributed by atoms with Gasteiger partial charge in [0.25, 0.3) is 5.91 Å². The van der Waals surface area contributed by atoms with Crippen molar-refractivity contribution < 1.29 is 18.5 Å². The Bertz CT molecular complexity index is 1340. The second-order valence-electron chi connectivity index (χ2n) is 8.90. The topological polar surface area (TPSA) is 101 Å². The zero-order chi connectivity index (χ0) is 24.4. The van der Waals surface area contributed by atoms with Crippen LogP contribution in [-0.2, 0) is 17.6 Å². The third kappa shape index (κ3) is 4.87. The smallest absolute Gasteiger partial charge is 0.261 e. The van der Waals surface area contributed by atoms with Crippen LogP contribution < -0.4 is 10.2 Å². The number of nitrogens with one attached hydrogen (secondary N) is 1. The van der Waals surface area contributed by atoms with Crippen molar-refractivity contribution in [2.24, 2.45) is 0 Å². The molecule has 0 fully saturated rings. The molecular formula is C27H26N4O4. The van der Waals surface area contributed by atoms with Crippen molar-refractivity contribution in [3.05, 3.63) is 83.6 Å². The van der Waals surface area contributed by atoms with Crippen LogP contribution in [-0.4, -0.2) is 28.5 Å². The molecule has 0 radical (unpaired) electrons. The number of carbonyl (C=O) groups is 2. The lowest BCUT2D eigenvalue weighted by molar-refractivity contribution is -0.116. The van der Waals surface area contributed by atoms with Crippen molar-refractivity contribution in [1.29, 1.82) is 0 Å². The number of carbonyl (C=O) groups excluding carboxylic acids is 2. The number of nitrogens with zero attached hydrogens (tertiary/aromatic N) is 3. The van der Waals surface area contributed by atoms with Gasteiger partial charge in [0.15, 0.2) is 0 Å². The van der Waals surface area contributed by atoms with Crippen molar-refractivity contribution in [3.63, 3.8) is 0 Å². The molecule has 0 saturated carbocycles. The molecule has 0 aliphatic carbocycles. The first-order valence-electron chi connectivity index (χ1n) is 11.7. The van der Waals surface area contributed by atoms with Gasteiger partial charge in [-0.05, 0) is 47.7 Å². The minimum absolute atomic E-state index is 0.0934. The second-order valence-corrected chi connectivity index (χ2v) is 8.90. The van der Waals surface area contributed by atoms with Gasteiger partial charge in [-0.25, -0.2) is 0 Å². The lowest BCUT2D eigenvalue weighted by Gasteiger charge is -2.16. The Labute approximate surface area is 202 Å². The van der Waals surface area contributed by atoms with Gasteiger partial charge >= 0.3 is 0 Å². The van der Waals surface area contributed by atoms with Gasteiger partial charge in [-0.15, -0.1) is 0 Å². The van der Waals surface area contributed by atoms with Crippen molar-refractivity contribution in [2.45, 2.75) is 39.0 Å². The summed E-state index contributed by atoms with van der Waals surface area (Å²) in [6, 6.07) is 15.3. The van der Waals surface area contributed by atoms with E-state index in [1.54, 1.807) is 11.0 Å². The van der Waals surface area contributed by atoms with E-state index < -0.39 is 0 Å². The largest absolute Gasteiger partial charge is 0.472 e. The summed E-state index contributed by atoms with van der Waals surface area (Å²) in [5.74, 6) is 1.16. The first-order valence-corrected chi connectivity index (χ1v) is 11.7. The fourth-order valence-corrected chi connectivity index (χ4v) is 4.17. The van der Waals surface area contributed by atoms with E-state index in [0.29, 0.717) is 41.8 Å². The lowest BCUT2D eigenvalue weighted by Crippen LogP contribution is -2.28. The van der Waals surface area contributed by atoms with Gasteiger partial charge in [0.05, 0.1) is 11.8 Å². The molecule has 1 N–H and O–H groups in total. The number of benzene rings is 2. The standard InChI is InChI=1S/C27H26N4O4/c1-17(2)18-3-5-19(6-4-18)26-29-25(35-30-26)10-9-24(32)28-22-7-8-23-20(15-22)11-13-31(23)27(33)21-12-14-34-16-21/h3-8,12,14-17H,9-11,13H2,1-2H3,(H,28,32). The van der Waals surface area contributed by atoms with Gasteiger partial charge in [0.2, 0.25) is 17.6 Å². The summed E-state index contributed by atoms with van der Waals surface area (Å²) in [5.41, 5.74) is 5.22. The van der Waals surface area contributed by atoms with E-state index in [0.717, 1.165) is 23.2 Å². The van der Waals surface area contributed by atoms with Crippen molar-refractivity contribution in [2.75, 3.05) is 16.8 Å². The van der Waals surface area contributed by atoms with Crippen LogP contribution >= 0.6 is 0 Å². The Morgan fingerprint density at radius 2 is 1.94 bits per heavy atom. The third-order valence-electron chi connectivity index (χ3n) is 6.14. The fourth-order valence-electron chi connectivity index (χ4n) is 4.17. The van der Waals surface area contributed by atoms with E-state index in [-0.39, 0.29) is 18.2 Å². The molecule has 35 heavy (non-hydrogen) atoms. The van der Waals surface area contributed by atoms with E-state index in [2.05, 4.69) is 41.4 Å². The first-order chi connectivity index (χ1) is 17.0. The molecule has 2 aromatic heterocycles. The third-order valence-corrected chi connectivity index (χ3v) is 6.14. The normalized spacial score (nSPS) is 12.7. The van der Waals surface area contributed by atoms with Gasteiger partial charge < -0.3 is 19.2 Å². The van der Waals surface area contributed by atoms with Gasteiger partial charge in [-0.1, -0.05) is 43.3 Å². The van der Waals surface area contributed by atoms with Crippen LogP contribution in [0.15, 0.2) is 70.0 Å². The number of hydrogen-bond donors (Lipinski definition) is 1. The van der Waals surface area contributed by atoms with Crippen LogP contribution in [0.25, 0.3) is 11.4 Å². The summed E-state index contributed by atoms with van der Waals surface area (Å²) >= 11 is 0.